The van der Waals surface area contributed by atoms with E-state index >= 15 is 0 Å². The number of likely N-dealkylation sites (N-methyl/N-ethyl adjacent to an activating group) is 1. The average Bonchev–Trinajstić information content (AvgIpc) is 2.05. The fourth-order valence-electron chi connectivity index (χ4n) is 2.45. The summed E-state index contributed by atoms with van der Waals surface area (Å²) in [5.74, 6) is 1.64. The third kappa shape index (κ3) is 1.64. The number of ether oxygens (including phenoxy) is 1. The zero-order valence-corrected chi connectivity index (χ0v) is 8.12. The maximum absolute atomic E-state index is 5.82. The number of nitrogens with zero attached hydrogens (tertiary/aromatic N) is 1. The predicted octanol–water partition coefficient (Wildman–Crippen LogP) is 1.36. The van der Waals surface area contributed by atoms with Crippen LogP contribution in [-0.2, 0) is 4.74 Å². The van der Waals surface area contributed by atoms with Gasteiger partial charge in [-0.3, -0.25) is 0 Å². The quantitative estimate of drug-likeness (QED) is 0.543. The summed E-state index contributed by atoms with van der Waals surface area (Å²) in [5.41, 5.74) is 0. The molecule has 0 aromatic carbocycles. The normalized spacial score (nSPS) is 44.0. The molecule has 2 nitrogen and oxygen atoms in total. The molecule has 2 saturated heterocycles. The second-order valence-electron chi connectivity index (χ2n) is 4.52. The van der Waals surface area contributed by atoms with Crippen LogP contribution in [0.15, 0.2) is 0 Å². The van der Waals surface area contributed by atoms with Gasteiger partial charge in [0.15, 0.2) is 0 Å². The highest BCUT2D eigenvalue weighted by Gasteiger charge is 2.33. The van der Waals surface area contributed by atoms with Crippen LogP contribution in [0.2, 0.25) is 0 Å². The third-order valence-corrected chi connectivity index (χ3v) is 3.20. The Bertz CT molecular complexity index is 142. The topological polar surface area (TPSA) is 12.5 Å². The molecule has 0 aromatic rings. The maximum atomic E-state index is 5.82. The SMILES string of the molecule is CC1COC2CN(C)CCC2C1. The number of hydrogen-bond donors (Lipinski definition) is 0. The summed E-state index contributed by atoms with van der Waals surface area (Å²) >= 11 is 0. The van der Waals surface area contributed by atoms with E-state index in [1.54, 1.807) is 0 Å². The van der Waals surface area contributed by atoms with E-state index in [0.29, 0.717) is 6.10 Å². The monoisotopic (exact) mass is 169 g/mol. The van der Waals surface area contributed by atoms with Crippen molar-refractivity contribution in [3.05, 3.63) is 0 Å². The second-order valence-corrected chi connectivity index (χ2v) is 4.52. The van der Waals surface area contributed by atoms with E-state index in [2.05, 4.69) is 18.9 Å². The molecule has 0 aliphatic carbocycles. The smallest absolute Gasteiger partial charge is 0.0730 e. The fraction of sp³-hybridized carbons (Fsp3) is 1.00. The van der Waals surface area contributed by atoms with Crippen LogP contribution in [0.3, 0.4) is 0 Å². The maximum Gasteiger partial charge on any atom is 0.0730 e. The molecule has 2 rings (SSSR count). The molecule has 0 spiro atoms. The van der Waals surface area contributed by atoms with E-state index in [1.165, 1.54) is 19.4 Å². The summed E-state index contributed by atoms with van der Waals surface area (Å²) in [7, 11) is 2.19. The van der Waals surface area contributed by atoms with Crippen LogP contribution in [-0.4, -0.2) is 37.7 Å². The summed E-state index contributed by atoms with van der Waals surface area (Å²) in [6, 6.07) is 0. The largest absolute Gasteiger partial charge is 0.376 e. The summed E-state index contributed by atoms with van der Waals surface area (Å²) in [6.07, 6.45) is 3.27. The van der Waals surface area contributed by atoms with Crippen molar-refractivity contribution in [3.8, 4) is 0 Å². The average molecular weight is 169 g/mol. The lowest BCUT2D eigenvalue weighted by Gasteiger charge is -2.41. The van der Waals surface area contributed by atoms with Crippen molar-refractivity contribution in [2.45, 2.75) is 25.9 Å². The standard InChI is InChI=1S/C10H19NO/c1-8-5-9-3-4-11(2)6-10(9)12-7-8/h8-10H,3-7H2,1-2H3. The van der Waals surface area contributed by atoms with Gasteiger partial charge < -0.3 is 9.64 Å². The fourth-order valence-corrected chi connectivity index (χ4v) is 2.45. The predicted molar refractivity (Wildman–Crippen MR) is 49.1 cm³/mol. The zero-order valence-electron chi connectivity index (χ0n) is 8.12. The minimum atomic E-state index is 0.542. The number of fused-ring (bicyclic) bond motifs is 1. The molecule has 0 aromatic heterocycles. The van der Waals surface area contributed by atoms with Crippen LogP contribution >= 0.6 is 0 Å². The van der Waals surface area contributed by atoms with Crippen molar-refractivity contribution in [3.63, 3.8) is 0 Å². The van der Waals surface area contributed by atoms with E-state index in [-0.39, 0.29) is 0 Å². The molecular weight excluding hydrogens is 150 g/mol. The van der Waals surface area contributed by atoms with Gasteiger partial charge in [-0.25, -0.2) is 0 Å². The summed E-state index contributed by atoms with van der Waals surface area (Å²) in [5, 5.41) is 0. The van der Waals surface area contributed by atoms with Crippen molar-refractivity contribution in [1.82, 2.24) is 4.90 Å². The Hall–Kier alpha value is -0.0800. The lowest BCUT2D eigenvalue weighted by atomic mass is 9.84. The van der Waals surface area contributed by atoms with Crippen LogP contribution in [0.5, 0.6) is 0 Å². The molecule has 0 radical (unpaired) electrons. The molecule has 70 valence electrons. The molecule has 2 heterocycles. The minimum Gasteiger partial charge on any atom is -0.376 e. The Labute approximate surface area is 74.9 Å². The highest BCUT2D eigenvalue weighted by Crippen LogP contribution is 2.30. The van der Waals surface area contributed by atoms with Crippen LogP contribution in [0.4, 0.5) is 0 Å². The molecule has 12 heavy (non-hydrogen) atoms. The van der Waals surface area contributed by atoms with E-state index in [9.17, 15) is 0 Å². The Morgan fingerprint density at radius 1 is 1.42 bits per heavy atom. The Morgan fingerprint density at radius 2 is 2.25 bits per heavy atom. The molecule has 0 saturated carbocycles. The lowest BCUT2D eigenvalue weighted by Crippen LogP contribution is -2.47. The molecule has 3 atom stereocenters. The van der Waals surface area contributed by atoms with Crippen LogP contribution in [0.25, 0.3) is 0 Å². The van der Waals surface area contributed by atoms with E-state index < -0.39 is 0 Å². The molecule has 2 aliphatic heterocycles. The van der Waals surface area contributed by atoms with E-state index in [1.807, 2.05) is 0 Å². The van der Waals surface area contributed by atoms with Gasteiger partial charge in [0.2, 0.25) is 0 Å². The van der Waals surface area contributed by atoms with Crippen molar-refractivity contribution < 1.29 is 4.74 Å². The third-order valence-electron chi connectivity index (χ3n) is 3.20. The summed E-state index contributed by atoms with van der Waals surface area (Å²) in [4.78, 5) is 2.39. The summed E-state index contributed by atoms with van der Waals surface area (Å²) < 4.78 is 5.82. The highest BCUT2D eigenvalue weighted by atomic mass is 16.5. The van der Waals surface area contributed by atoms with E-state index in [4.69, 9.17) is 4.74 Å². The van der Waals surface area contributed by atoms with Crippen LogP contribution < -0.4 is 0 Å². The molecular formula is C10H19NO. The van der Waals surface area contributed by atoms with Crippen molar-refractivity contribution in [1.29, 1.82) is 0 Å². The second kappa shape index (κ2) is 3.35. The number of hydrogen-bond acceptors (Lipinski definition) is 2. The molecule has 2 aliphatic rings. The molecule has 0 N–H and O–H groups in total. The summed E-state index contributed by atoms with van der Waals surface area (Å²) in [6.45, 7) is 5.69. The van der Waals surface area contributed by atoms with Gasteiger partial charge in [-0.2, -0.15) is 0 Å². The number of likely N-dealkylation sites (tertiary alicyclic amines) is 1. The molecule has 0 amide bonds. The van der Waals surface area contributed by atoms with Gasteiger partial charge in [-0.15, -0.1) is 0 Å². The number of rotatable bonds is 0. The van der Waals surface area contributed by atoms with Gasteiger partial charge in [-0.1, -0.05) is 6.92 Å². The van der Waals surface area contributed by atoms with Gasteiger partial charge in [0.05, 0.1) is 6.10 Å². The first-order valence-electron chi connectivity index (χ1n) is 5.06. The van der Waals surface area contributed by atoms with Crippen LogP contribution in [0.1, 0.15) is 19.8 Å². The number of piperidine rings is 1. The van der Waals surface area contributed by atoms with Gasteiger partial charge in [0, 0.05) is 13.2 Å². The van der Waals surface area contributed by atoms with Crippen LogP contribution in [0, 0.1) is 11.8 Å². The van der Waals surface area contributed by atoms with Crippen molar-refractivity contribution >= 4 is 0 Å². The zero-order chi connectivity index (χ0) is 8.55. The van der Waals surface area contributed by atoms with Crippen molar-refractivity contribution in [2.24, 2.45) is 11.8 Å². The first-order chi connectivity index (χ1) is 5.75. The van der Waals surface area contributed by atoms with Crippen molar-refractivity contribution in [2.75, 3.05) is 26.7 Å². The highest BCUT2D eigenvalue weighted by molar-refractivity contribution is 4.84. The Morgan fingerprint density at radius 3 is 3.08 bits per heavy atom. The van der Waals surface area contributed by atoms with E-state index in [0.717, 1.165) is 25.0 Å². The minimum absolute atomic E-state index is 0.542. The molecule has 2 heteroatoms. The molecule has 0 bridgehead atoms. The van der Waals surface area contributed by atoms with Gasteiger partial charge >= 0.3 is 0 Å². The molecule has 2 fully saturated rings. The first-order valence-corrected chi connectivity index (χ1v) is 5.06. The lowest BCUT2D eigenvalue weighted by molar-refractivity contribution is -0.0847. The Balaban J connectivity index is 1.94. The van der Waals surface area contributed by atoms with Gasteiger partial charge in [0.1, 0.15) is 0 Å². The Kier molecular flexibility index (Phi) is 2.37. The van der Waals surface area contributed by atoms with Gasteiger partial charge in [-0.05, 0) is 38.3 Å². The first kappa shape index (κ1) is 8.52. The molecule has 3 unspecified atom stereocenters. The van der Waals surface area contributed by atoms with Gasteiger partial charge in [0.25, 0.3) is 0 Å².